The summed E-state index contributed by atoms with van der Waals surface area (Å²) in [5.74, 6) is -0.158. The molecule has 2 aliphatic heterocycles. The average molecular weight is 582 g/mol. The van der Waals surface area contributed by atoms with Crippen LogP contribution in [0.25, 0.3) is 0 Å². The van der Waals surface area contributed by atoms with E-state index in [2.05, 4.69) is 32.7 Å². The average Bonchev–Trinajstić information content (AvgIpc) is 3.10. The number of urea groups is 1. The van der Waals surface area contributed by atoms with Gasteiger partial charge in [0, 0.05) is 36.6 Å². The molecule has 1 atom stereocenters. The zero-order valence-electron chi connectivity index (χ0n) is 22.2. The summed E-state index contributed by atoms with van der Waals surface area (Å²) in [6.45, 7) is 10.4. The molecular formula is C30H37BrN4O3. The second-order valence-corrected chi connectivity index (χ2v) is 11.4. The number of imide groups is 1. The molecule has 0 aliphatic carbocycles. The van der Waals surface area contributed by atoms with Gasteiger partial charge in [-0.15, -0.1) is 6.58 Å². The van der Waals surface area contributed by atoms with Crippen LogP contribution in [0.1, 0.15) is 50.3 Å². The highest BCUT2D eigenvalue weighted by atomic mass is 79.9. The number of rotatable bonds is 10. The van der Waals surface area contributed by atoms with Crippen molar-refractivity contribution in [3.05, 3.63) is 82.9 Å². The Kier molecular flexibility index (Phi) is 9.05. The molecule has 1 spiro atoms. The predicted molar refractivity (Wildman–Crippen MR) is 152 cm³/mol. The highest BCUT2D eigenvalue weighted by molar-refractivity contribution is 9.10. The van der Waals surface area contributed by atoms with Crippen LogP contribution in [-0.4, -0.2) is 64.3 Å². The Bertz CT molecular complexity index is 1140. The Morgan fingerprint density at radius 2 is 1.74 bits per heavy atom. The molecule has 0 aromatic heterocycles. The lowest BCUT2D eigenvalue weighted by molar-refractivity contribution is -0.136. The number of benzene rings is 2. The molecule has 1 unspecified atom stereocenters. The van der Waals surface area contributed by atoms with Crippen LogP contribution in [0.4, 0.5) is 4.79 Å². The first-order valence-electron chi connectivity index (χ1n) is 13.3. The molecule has 0 radical (unpaired) electrons. The number of nitrogens with zero attached hydrogens (tertiary/aromatic N) is 3. The molecule has 4 amide bonds. The van der Waals surface area contributed by atoms with Gasteiger partial charge in [0.25, 0.3) is 5.91 Å². The van der Waals surface area contributed by atoms with Crippen LogP contribution in [0, 0.1) is 5.92 Å². The van der Waals surface area contributed by atoms with E-state index in [0.29, 0.717) is 32.5 Å². The van der Waals surface area contributed by atoms with E-state index in [4.69, 9.17) is 0 Å². The van der Waals surface area contributed by atoms with Gasteiger partial charge in [0.2, 0.25) is 5.91 Å². The van der Waals surface area contributed by atoms with Crippen LogP contribution >= 0.6 is 15.9 Å². The number of hydrogen-bond donors (Lipinski definition) is 1. The second-order valence-electron chi connectivity index (χ2n) is 10.5. The summed E-state index contributed by atoms with van der Waals surface area (Å²) in [7, 11) is 0. The first kappa shape index (κ1) is 28.0. The largest absolute Gasteiger partial charge is 0.349 e. The van der Waals surface area contributed by atoms with Crippen LogP contribution in [-0.2, 0) is 16.1 Å². The SMILES string of the molecule is C=CCN1C(=O)N(Cc2ccc(Br)cc2)C(=O)C12CCN(CCC(NC(=O)C(C)C)c1ccccc1)CC2. The van der Waals surface area contributed by atoms with Crippen molar-refractivity contribution in [3.8, 4) is 0 Å². The lowest BCUT2D eigenvalue weighted by Gasteiger charge is -2.42. The topological polar surface area (TPSA) is 73.0 Å². The molecule has 2 aromatic carbocycles. The van der Waals surface area contributed by atoms with Crippen molar-refractivity contribution in [1.82, 2.24) is 20.0 Å². The summed E-state index contributed by atoms with van der Waals surface area (Å²) >= 11 is 3.44. The van der Waals surface area contributed by atoms with E-state index in [1.807, 2.05) is 68.4 Å². The minimum absolute atomic E-state index is 0.0393. The monoisotopic (exact) mass is 580 g/mol. The van der Waals surface area contributed by atoms with Crippen LogP contribution in [0.15, 0.2) is 71.7 Å². The lowest BCUT2D eigenvalue weighted by Crippen LogP contribution is -2.56. The van der Waals surface area contributed by atoms with Crippen LogP contribution in [0.2, 0.25) is 0 Å². The fraction of sp³-hybridized carbons (Fsp3) is 0.433. The lowest BCUT2D eigenvalue weighted by atomic mass is 9.85. The molecular weight excluding hydrogens is 544 g/mol. The Balaban J connectivity index is 1.43. The maximum atomic E-state index is 13.7. The molecule has 2 fully saturated rings. The number of likely N-dealkylation sites (tertiary alicyclic amines) is 1. The molecule has 8 heteroatoms. The summed E-state index contributed by atoms with van der Waals surface area (Å²) in [6.07, 6.45) is 3.63. The number of carbonyl (C=O) groups excluding carboxylic acids is 3. The maximum absolute atomic E-state index is 13.7. The zero-order chi connectivity index (χ0) is 27.3. The van der Waals surface area contributed by atoms with Gasteiger partial charge in [-0.05, 0) is 42.5 Å². The van der Waals surface area contributed by atoms with Gasteiger partial charge in [-0.3, -0.25) is 14.5 Å². The molecule has 2 saturated heterocycles. The summed E-state index contributed by atoms with van der Waals surface area (Å²) in [4.78, 5) is 45.1. The van der Waals surface area contributed by atoms with Crippen molar-refractivity contribution in [2.24, 2.45) is 5.92 Å². The summed E-state index contributed by atoms with van der Waals surface area (Å²) in [6, 6.07) is 17.4. The fourth-order valence-electron chi connectivity index (χ4n) is 5.36. The number of halogens is 1. The normalized spacial score (nSPS) is 18.3. The van der Waals surface area contributed by atoms with Gasteiger partial charge in [-0.25, -0.2) is 4.79 Å². The molecule has 0 bridgehead atoms. The molecule has 2 aromatic rings. The highest BCUT2D eigenvalue weighted by Gasteiger charge is 2.57. The molecule has 1 N–H and O–H groups in total. The van der Waals surface area contributed by atoms with Crippen molar-refractivity contribution in [1.29, 1.82) is 0 Å². The Morgan fingerprint density at radius 1 is 1.08 bits per heavy atom. The zero-order valence-corrected chi connectivity index (χ0v) is 23.8. The Labute approximate surface area is 234 Å². The standard InChI is InChI=1S/C30H37BrN4O3/c1-4-17-35-29(38)34(21-23-10-12-25(31)13-11-23)28(37)30(35)15-19-33(20-16-30)18-14-26(32-27(36)22(2)3)24-8-6-5-7-9-24/h4-13,22,26H,1,14-21H2,2-3H3,(H,32,36). The van der Waals surface area contributed by atoms with E-state index in [9.17, 15) is 14.4 Å². The van der Waals surface area contributed by atoms with Gasteiger partial charge in [-0.2, -0.15) is 0 Å². The van der Waals surface area contributed by atoms with Crippen molar-refractivity contribution in [3.63, 3.8) is 0 Å². The quantitative estimate of drug-likeness (QED) is 0.312. The van der Waals surface area contributed by atoms with Gasteiger partial charge < -0.3 is 15.1 Å². The minimum atomic E-state index is -0.832. The van der Waals surface area contributed by atoms with Crippen LogP contribution in [0.5, 0.6) is 0 Å². The summed E-state index contributed by atoms with van der Waals surface area (Å²) in [5, 5.41) is 3.20. The molecule has 202 valence electrons. The molecule has 2 aliphatic rings. The summed E-state index contributed by atoms with van der Waals surface area (Å²) < 4.78 is 0.954. The second kappa shape index (κ2) is 12.3. The Hall–Kier alpha value is -2.97. The molecule has 2 heterocycles. The first-order chi connectivity index (χ1) is 18.2. The molecule has 0 saturated carbocycles. The third-order valence-corrected chi connectivity index (χ3v) is 8.18. The van der Waals surface area contributed by atoms with Gasteiger partial charge in [0.05, 0.1) is 12.6 Å². The van der Waals surface area contributed by atoms with E-state index >= 15 is 0 Å². The Morgan fingerprint density at radius 3 is 2.34 bits per heavy atom. The third kappa shape index (κ3) is 6.02. The number of carbonyl (C=O) groups is 3. The van der Waals surface area contributed by atoms with Gasteiger partial charge in [0.1, 0.15) is 5.54 Å². The molecule has 4 rings (SSSR count). The maximum Gasteiger partial charge on any atom is 0.328 e. The van der Waals surface area contributed by atoms with E-state index in [1.54, 1.807) is 11.0 Å². The van der Waals surface area contributed by atoms with E-state index in [0.717, 1.165) is 28.6 Å². The first-order valence-corrected chi connectivity index (χ1v) is 14.1. The summed E-state index contributed by atoms with van der Waals surface area (Å²) in [5.41, 5.74) is 1.17. The van der Waals surface area contributed by atoms with Crippen molar-refractivity contribution < 1.29 is 14.4 Å². The third-order valence-electron chi connectivity index (χ3n) is 7.65. The van der Waals surface area contributed by atoms with Crippen LogP contribution < -0.4 is 5.32 Å². The van der Waals surface area contributed by atoms with Crippen LogP contribution in [0.3, 0.4) is 0 Å². The highest BCUT2D eigenvalue weighted by Crippen LogP contribution is 2.38. The van der Waals surface area contributed by atoms with E-state index in [-0.39, 0.29) is 36.3 Å². The van der Waals surface area contributed by atoms with Gasteiger partial charge >= 0.3 is 6.03 Å². The number of piperidine rings is 1. The number of nitrogens with one attached hydrogen (secondary N) is 1. The van der Waals surface area contributed by atoms with E-state index < -0.39 is 5.54 Å². The van der Waals surface area contributed by atoms with Crippen molar-refractivity contribution in [2.45, 2.75) is 51.2 Å². The number of amides is 4. The predicted octanol–water partition coefficient (Wildman–Crippen LogP) is 5.14. The van der Waals surface area contributed by atoms with Gasteiger partial charge in [-0.1, -0.05) is 78.3 Å². The van der Waals surface area contributed by atoms with Crippen molar-refractivity contribution >= 4 is 33.8 Å². The number of hydrogen-bond acceptors (Lipinski definition) is 4. The van der Waals surface area contributed by atoms with Gasteiger partial charge in [0.15, 0.2) is 0 Å². The van der Waals surface area contributed by atoms with Crippen molar-refractivity contribution in [2.75, 3.05) is 26.2 Å². The fourth-order valence-corrected chi connectivity index (χ4v) is 5.63. The smallest absolute Gasteiger partial charge is 0.328 e. The van der Waals surface area contributed by atoms with E-state index in [1.165, 1.54) is 4.90 Å². The minimum Gasteiger partial charge on any atom is -0.349 e. The molecule has 38 heavy (non-hydrogen) atoms. The molecule has 7 nitrogen and oxygen atoms in total.